The highest BCUT2D eigenvalue weighted by Gasteiger charge is 2.42. The van der Waals surface area contributed by atoms with Crippen LogP contribution in [0.4, 0.5) is 9.59 Å². The number of ether oxygens (including phenoxy) is 4. The van der Waals surface area contributed by atoms with Crippen LogP contribution in [0.1, 0.15) is 244 Å². The minimum Gasteiger partial charge on any atom is -0.444 e. The van der Waals surface area contributed by atoms with E-state index in [2.05, 4.69) is 68.2 Å². The van der Waals surface area contributed by atoms with E-state index in [1.54, 1.807) is 0 Å². The molecular formula is C86H129BCl7N8O9. The summed E-state index contributed by atoms with van der Waals surface area (Å²) in [4.78, 5) is 62.8. The van der Waals surface area contributed by atoms with Gasteiger partial charge in [0.2, 0.25) is 17.1 Å². The molecule has 25 heteroatoms. The van der Waals surface area contributed by atoms with Gasteiger partial charge in [0, 0.05) is 165 Å². The zero-order valence-corrected chi connectivity index (χ0v) is 72.4. The fourth-order valence-electron chi connectivity index (χ4n) is 16.2. The van der Waals surface area contributed by atoms with E-state index in [-0.39, 0.29) is 65.8 Å². The fourth-order valence-corrected chi connectivity index (χ4v) is 17.5. The Morgan fingerprint density at radius 1 is 0.495 bits per heavy atom. The van der Waals surface area contributed by atoms with Crippen molar-refractivity contribution in [2.75, 3.05) is 84.0 Å². The van der Waals surface area contributed by atoms with Crippen LogP contribution >= 0.6 is 81.2 Å². The van der Waals surface area contributed by atoms with Crippen molar-refractivity contribution in [3.63, 3.8) is 0 Å². The summed E-state index contributed by atoms with van der Waals surface area (Å²) in [6.07, 6.45) is 28.2. The Morgan fingerprint density at radius 3 is 1.18 bits per heavy atom. The second kappa shape index (κ2) is 49.8. The van der Waals surface area contributed by atoms with Gasteiger partial charge < -0.3 is 61.9 Å². The van der Waals surface area contributed by atoms with Crippen molar-refractivity contribution in [1.82, 2.24) is 25.8 Å². The van der Waals surface area contributed by atoms with Crippen LogP contribution in [0.3, 0.4) is 0 Å². The molecule has 4 aromatic rings. The van der Waals surface area contributed by atoms with E-state index in [9.17, 15) is 24.0 Å². The molecule has 0 spiro atoms. The monoisotopic (exact) mass is 1670 g/mol. The summed E-state index contributed by atoms with van der Waals surface area (Å²) in [5.74, 6) is 0.981. The van der Waals surface area contributed by atoms with Gasteiger partial charge in [-0.15, -0.1) is 23.2 Å². The Kier molecular flexibility index (Phi) is 43.8. The number of amides is 4. The van der Waals surface area contributed by atoms with Crippen molar-refractivity contribution < 1.29 is 42.9 Å². The molecule has 4 aliphatic carbocycles. The molecule has 0 aromatic heterocycles. The Balaban J connectivity index is 0.000000247. The van der Waals surface area contributed by atoms with E-state index in [0.717, 1.165) is 163 Å². The van der Waals surface area contributed by atoms with Crippen molar-refractivity contribution in [3.05, 3.63) is 139 Å². The average Bonchev–Trinajstić information content (AvgIpc) is 1.69. The highest BCUT2D eigenvalue weighted by molar-refractivity contribution is 6.63. The molecule has 111 heavy (non-hydrogen) atoms. The largest absolute Gasteiger partial charge is 0.444 e. The first kappa shape index (κ1) is 97.5. The van der Waals surface area contributed by atoms with E-state index in [4.69, 9.17) is 117 Å². The normalized spacial score (nSPS) is 25.2. The van der Waals surface area contributed by atoms with E-state index in [1.165, 1.54) is 94.8 Å². The van der Waals surface area contributed by atoms with Crippen LogP contribution in [0.25, 0.3) is 0 Å². The van der Waals surface area contributed by atoms with Crippen LogP contribution in [0.15, 0.2) is 97.1 Å². The number of alkyl carbamates (subject to hydrolysis) is 2. The van der Waals surface area contributed by atoms with Crippen LogP contribution in [-0.4, -0.2) is 167 Å². The van der Waals surface area contributed by atoms with Gasteiger partial charge in [-0.05, 0) is 291 Å². The summed E-state index contributed by atoms with van der Waals surface area (Å²) in [5, 5.41) is 11.6. The smallest absolute Gasteiger partial charge is 0.407 e. The number of rotatable bonds is 17. The topological polar surface area (TPSA) is 243 Å². The molecule has 0 unspecified atom stereocenters. The maximum atomic E-state index is 12.2. The molecule has 12 rings (SSSR count). The van der Waals surface area contributed by atoms with Gasteiger partial charge in [-0.3, -0.25) is 14.4 Å². The summed E-state index contributed by atoms with van der Waals surface area (Å²) in [6, 6.07) is 33.7. The average molecular weight is 1680 g/mol. The van der Waals surface area contributed by atoms with Crippen molar-refractivity contribution in [2.45, 2.75) is 278 Å². The molecule has 17 nitrogen and oxygen atoms in total. The number of nitrogens with two attached hydrogens (primary N) is 3. The third-order valence-corrected chi connectivity index (χ3v) is 24.1. The van der Waals surface area contributed by atoms with Crippen molar-refractivity contribution in [3.8, 4) is 0 Å². The second-order valence-electron chi connectivity index (χ2n) is 32.9. The molecule has 4 saturated carbocycles. The fraction of sp³-hybridized carbons (Fsp3) is 0.663. The quantitative estimate of drug-likeness (QED) is 0.0328. The number of likely N-dealkylation sites (tertiary alicyclic amines) is 2. The Hall–Kier alpha value is -4.12. The summed E-state index contributed by atoms with van der Waals surface area (Å²) in [7, 11) is 0. The lowest BCUT2D eigenvalue weighted by atomic mass is 9.68. The van der Waals surface area contributed by atoms with Gasteiger partial charge in [0.05, 0.1) is 0 Å². The number of nitrogens with zero attached hydrogens (tertiary/aromatic N) is 2. The predicted molar refractivity (Wildman–Crippen MR) is 459 cm³/mol. The number of benzene rings is 4. The summed E-state index contributed by atoms with van der Waals surface area (Å²) in [5.41, 5.74) is 22.0. The van der Waals surface area contributed by atoms with Crippen LogP contribution < -0.4 is 33.2 Å². The molecule has 4 aliphatic heterocycles. The molecule has 3 radical (unpaired) electrons. The maximum Gasteiger partial charge on any atom is 0.407 e. The number of hydrogen-bond donors (Lipinski definition) is 6. The second-order valence-corrected chi connectivity index (χ2v) is 35.9. The van der Waals surface area contributed by atoms with Gasteiger partial charge in [0.25, 0.3) is 0 Å². The van der Waals surface area contributed by atoms with Gasteiger partial charge in [-0.1, -0.05) is 101 Å². The molecule has 4 saturated heterocycles. The SMILES string of the molecule is C1CCOC1.C1CCOC1.CC(C)(C)OC(=O)NCC1(c2cccc(Cl)c2)CCC(N)CC1.CC(C)(C)OC(=O)NCC1(c2cccc(Cl)c2)CCC(NC(=O)CCCl)CC1.NCC1(c2cccc(Cl)c2)CCC(N2CCCCC2)CC1.NCC1(c2cccc(Cl)c2)CCC(N2CCCCC2=O)CC1.O=C(Cl)CCCl.[B]. The Morgan fingerprint density at radius 2 is 0.856 bits per heavy atom. The van der Waals surface area contributed by atoms with Crippen LogP contribution in [0.5, 0.6) is 0 Å². The molecule has 4 heterocycles. The van der Waals surface area contributed by atoms with Crippen molar-refractivity contribution in [1.29, 1.82) is 0 Å². The Labute approximate surface area is 701 Å². The highest BCUT2D eigenvalue weighted by atomic mass is 35.5. The summed E-state index contributed by atoms with van der Waals surface area (Å²) >= 11 is 40.3. The number of carbonyl (C=O) groups is 5. The lowest BCUT2D eigenvalue weighted by Gasteiger charge is -2.44. The van der Waals surface area contributed by atoms with Gasteiger partial charge in [-0.2, -0.15) is 0 Å². The van der Waals surface area contributed by atoms with Gasteiger partial charge >= 0.3 is 12.2 Å². The number of nitrogens with one attached hydrogen (secondary N) is 3. The van der Waals surface area contributed by atoms with Gasteiger partial charge in [0.1, 0.15) is 11.2 Å². The molecule has 4 amide bonds. The molecule has 0 atom stereocenters. The van der Waals surface area contributed by atoms with Crippen LogP contribution in [0, 0.1) is 0 Å². The third kappa shape index (κ3) is 34.2. The van der Waals surface area contributed by atoms with E-state index < -0.39 is 17.3 Å². The number of alkyl halides is 2. The molecule has 8 aliphatic rings. The van der Waals surface area contributed by atoms with Crippen molar-refractivity contribution >= 4 is 119 Å². The number of carbonyl (C=O) groups excluding carboxylic acids is 5. The summed E-state index contributed by atoms with van der Waals surface area (Å²) in [6.45, 7) is 21.0. The highest BCUT2D eigenvalue weighted by Crippen LogP contribution is 2.45. The first-order chi connectivity index (χ1) is 52.5. The molecule has 8 fully saturated rings. The lowest BCUT2D eigenvalue weighted by Crippen LogP contribution is -2.48. The molecule has 619 valence electrons. The van der Waals surface area contributed by atoms with E-state index in [0.29, 0.717) is 59.8 Å². The first-order valence-electron chi connectivity index (χ1n) is 40.4. The van der Waals surface area contributed by atoms with E-state index in [1.807, 2.05) is 96.1 Å². The molecule has 9 N–H and O–H groups in total. The number of piperidine rings is 2. The number of halogens is 7. The lowest BCUT2D eigenvalue weighted by molar-refractivity contribution is -0.136. The standard InChI is InChI=1S/C21H30Cl2N2O3.C18H27ClN2O2.C18H25ClN2O.C18H27ClN2.2C4H8O.C3H4Cl2O.B/c1-20(2,3)28-19(27)24-14-21(15-5-4-6-16(23)13-15)10-7-17(8-11-21)25-18(26)9-12-22;1-17(2,3)23-16(22)21-12-18(9-7-15(20)8-10-18)13-5-4-6-14(19)11-13;19-15-5-3-4-14(12-15)18(13-20)9-7-16(8-10-18)21-11-2-1-6-17(21)22;19-16-6-4-5-15(13-16)18(14-20)9-7-17(8-10-18)21-11-2-1-3-12-21;2*1-2-4-5-3-1;4-2-1-3(5)6;/h4-6,13,17H,7-12,14H2,1-3H3,(H,24,27)(H,25,26);4-6,11,15H,7-10,12,20H2,1-3H3,(H,21,22);3-5,12,16H,1-2,6-11,13,20H2;4-6,13,17H,1-3,7-12,14,20H2;2*1-4H2;1-2H2;. The van der Waals surface area contributed by atoms with E-state index >= 15 is 0 Å². The zero-order valence-electron chi connectivity index (χ0n) is 67.1. The third-order valence-electron chi connectivity index (χ3n) is 22.6. The minimum absolute atomic E-state index is 0. The Bertz CT molecular complexity index is 3350. The number of hydrogen-bond acceptors (Lipinski definition) is 13. The van der Waals surface area contributed by atoms with Crippen LogP contribution in [0.2, 0.25) is 20.1 Å². The van der Waals surface area contributed by atoms with Gasteiger partial charge in [0.15, 0.2) is 0 Å². The summed E-state index contributed by atoms with van der Waals surface area (Å²) < 4.78 is 20.6. The van der Waals surface area contributed by atoms with Crippen molar-refractivity contribution in [2.24, 2.45) is 17.2 Å². The maximum absolute atomic E-state index is 12.2. The first-order valence-corrected chi connectivity index (χ1v) is 43.4. The molecule has 0 bridgehead atoms. The molecular weight excluding hydrogens is 1550 g/mol. The van der Waals surface area contributed by atoms with Gasteiger partial charge in [-0.25, -0.2) is 9.59 Å². The zero-order chi connectivity index (χ0) is 80.2. The minimum atomic E-state index is -0.544. The molecule has 4 aromatic carbocycles. The van der Waals surface area contributed by atoms with Crippen LogP contribution in [-0.2, 0) is 55.0 Å². The predicted octanol–water partition coefficient (Wildman–Crippen LogP) is 18.8.